The van der Waals surface area contributed by atoms with Crippen molar-refractivity contribution in [1.29, 1.82) is 0 Å². The van der Waals surface area contributed by atoms with E-state index < -0.39 is 10.8 Å². The van der Waals surface area contributed by atoms with Gasteiger partial charge in [-0.05, 0) is 53.1 Å². The second-order valence-corrected chi connectivity index (χ2v) is 7.58. The molecule has 0 aliphatic heterocycles. The number of aromatic hydroxyl groups is 1. The van der Waals surface area contributed by atoms with Gasteiger partial charge in [0.25, 0.3) is 0 Å². The summed E-state index contributed by atoms with van der Waals surface area (Å²) in [5.74, 6) is 0.984. The van der Waals surface area contributed by atoms with Crippen molar-refractivity contribution in [1.82, 2.24) is 0 Å². The SMILES string of the molecule is COc1ccc(/C=C/C(=O)Nc2ccc(/C=C/c3cc(OC)c(OC)c(OC)c3)cc2O)cc1[N+](=O)[O-]. The Kier molecular flexibility index (Phi) is 8.71. The summed E-state index contributed by atoms with van der Waals surface area (Å²) < 4.78 is 21.0. The minimum Gasteiger partial charge on any atom is -0.506 e. The van der Waals surface area contributed by atoms with E-state index >= 15 is 0 Å². The van der Waals surface area contributed by atoms with Gasteiger partial charge in [-0.25, -0.2) is 0 Å². The lowest BCUT2D eigenvalue weighted by Crippen LogP contribution is -2.07. The molecule has 2 N–H and O–H groups in total. The molecule has 3 aromatic carbocycles. The highest BCUT2D eigenvalue weighted by Gasteiger charge is 2.15. The number of hydrogen-bond donors (Lipinski definition) is 2. The van der Waals surface area contributed by atoms with Crippen molar-refractivity contribution in [2.45, 2.75) is 0 Å². The van der Waals surface area contributed by atoms with E-state index in [9.17, 15) is 20.0 Å². The highest BCUT2D eigenvalue weighted by Crippen LogP contribution is 2.38. The van der Waals surface area contributed by atoms with Crippen LogP contribution in [0.3, 0.4) is 0 Å². The molecule has 0 heterocycles. The van der Waals surface area contributed by atoms with Crippen LogP contribution in [-0.2, 0) is 4.79 Å². The highest BCUT2D eigenvalue weighted by atomic mass is 16.6. The zero-order valence-electron chi connectivity index (χ0n) is 20.7. The van der Waals surface area contributed by atoms with Crippen LogP contribution >= 0.6 is 0 Å². The first-order valence-corrected chi connectivity index (χ1v) is 10.9. The summed E-state index contributed by atoms with van der Waals surface area (Å²) in [5.41, 5.74) is 1.91. The van der Waals surface area contributed by atoms with E-state index in [1.165, 1.54) is 58.8 Å². The first kappa shape index (κ1) is 26.6. The molecule has 0 fully saturated rings. The lowest BCUT2D eigenvalue weighted by molar-refractivity contribution is -0.385. The van der Waals surface area contributed by atoms with E-state index in [0.717, 1.165) is 5.56 Å². The molecule has 0 saturated carbocycles. The standard InChI is InChI=1S/C27H26N2O8/c1-34-23-11-8-17(13-21(23)29(32)33)9-12-26(31)28-20-10-7-18(14-22(20)30)5-6-19-15-24(35-2)27(37-4)25(16-19)36-3/h5-16,30H,1-4H3,(H,28,31)/b6-5+,12-9+. The Labute approximate surface area is 213 Å². The van der Waals surface area contributed by atoms with E-state index in [4.69, 9.17) is 18.9 Å². The summed E-state index contributed by atoms with van der Waals surface area (Å²) in [7, 11) is 5.93. The van der Waals surface area contributed by atoms with E-state index in [1.807, 2.05) is 6.08 Å². The van der Waals surface area contributed by atoms with E-state index in [-0.39, 0.29) is 22.9 Å². The van der Waals surface area contributed by atoms with Gasteiger partial charge in [-0.1, -0.05) is 24.3 Å². The zero-order chi connectivity index (χ0) is 26.9. The van der Waals surface area contributed by atoms with Gasteiger partial charge >= 0.3 is 5.69 Å². The summed E-state index contributed by atoms with van der Waals surface area (Å²) in [4.78, 5) is 22.9. The Hall–Kier alpha value is -4.99. The van der Waals surface area contributed by atoms with Crippen molar-refractivity contribution in [2.24, 2.45) is 0 Å². The zero-order valence-corrected chi connectivity index (χ0v) is 20.7. The summed E-state index contributed by atoms with van der Waals surface area (Å²) in [5, 5.41) is 24.1. The number of anilines is 1. The van der Waals surface area contributed by atoms with Crippen molar-refractivity contribution < 1.29 is 33.8 Å². The number of amides is 1. The first-order chi connectivity index (χ1) is 17.8. The van der Waals surface area contributed by atoms with Gasteiger partial charge in [-0.15, -0.1) is 0 Å². The maximum Gasteiger partial charge on any atom is 0.311 e. The average Bonchev–Trinajstić information content (AvgIpc) is 2.91. The number of carbonyl (C=O) groups excluding carboxylic acids is 1. The maximum absolute atomic E-state index is 12.3. The van der Waals surface area contributed by atoms with E-state index in [1.54, 1.807) is 36.4 Å². The maximum atomic E-state index is 12.3. The fraction of sp³-hybridized carbons (Fsp3) is 0.148. The van der Waals surface area contributed by atoms with Gasteiger partial charge in [0.05, 0.1) is 39.0 Å². The predicted octanol–water partition coefficient (Wildman–Crippen LogP) is 5.16. The van der Waals surface area contributed by atoms with Crippen LogP contribution in [0.5, 0.6) is 28.7 Å². The Morgan fingerprint density at radius 3 is 1.97 bits per heavy atom. The van der Waals surface area contributed by atoms with Crippen molar-refractivity contribution in [3.63, 3.8) is 0 Å². The Bertz CT molecular complexity index is 1340. The fourth-order valence-corrected chi connectivity index (χ4v) is 3.45. The van der Waals surface area contributed by atoms with Crippen molar-refractivity contribution in [2.75, 3.05) is 33.8 Å². The number of hydrogen-bond acceptors (Lipinski definition) is 8. The molecule has 0 unspecified atom stereocenters. The molecular weight excluding hydrogens is 480 g/mol. The average molecular weight is 507 g/mol. The number of ether oxygens (including phenoxy) is 4. The molecule has 0 spiro atoms. The Balaban J connectivity index is 1.72. The van der Waals surface area contributed by atoms with Crippen LogP contribution in [0.4, 0.5) is 11.4 Å². The van der Waals surface area contributed by atoms with Crippen LogP contribution in [-0.4, -0.2) is 44.4 Å². The van der Waals surface area contributed by atoms with Gasteiger partial charge in [0, 0.05) is 12.1 Å². The minimum absolute atomic E-state index is 0.121. The molecule has 0 atom stereocenters. The lowest BCUT2D eigenvalue weighted by atomic mass is 10.1. The molecule has 3 rings (SSSR count). The molecule has 192 valence electrons. The molecule has 1 amide bonds. The number of rotatable bonds is 10. The minimum atomic E-state index is -0.564. The number of nitrogens with zero attached hydrogens (tertiary/aromatic N) is 1. The first-order valence-electron chi connectivity index (χ1n) is 10.9. The number of phenolic OH excluding ortho intramolecular Hbond substituents is 1. The number of benzene rings is 3. The van der Waals surface area contributed by atoms with Crippen LogP contribution in [0.15, 0.2) is 54.6 Å². The predicted molar refractivity (Wildman–Crippen MR) is 140 cm³/mol. The Morgan fingerprint density at radius 2 is 1.41 bits per heavy atom. The molecular formula is C27H26N2O8. The smallest absolute Gasteiger partial charge is 0.311 e. The summed E-state index contributed by atoms with van der Waals surface area (Å²) in [6, 6.07) is 12.7. The number of nitrogens with one attached hydrogen (secondary N) is 1. The summed E-state index contributed by atoms with van der Waals surface area (Å²) in [6.45, 7) is 0. The molecule has 10 nitrogen and oxygen atoms in total. The monoisotopic (exact) mass is 506 g/mol. The molecule has 3 aromatic rings. The topological polar surface area (TPSA) is 129 Å². The van der Waals surface area contributed by atoms with Crippen molar-refractivity contribution in [3.8, 4) is 28.7 Å². The van der Waals surface area contributed by atoms with Crippen LogP contribution in [0, 0.1) is 10.1 Å². The third-order valence-corrected chi connectivity index (χ3v) is 5.26. The van der Waals surface area contributed by atoms with Gasteiger partial charge in [-0.3, -0.25) is 14.9 Å². The van der Waals surface area contributed by atoms with E-state index in [0.29, 0.717) is 28.4 Å². The number of nitro groups is 1. The number of carbonyl (C=O) groups is 1. The third-order valence-electron chi connectivity index (χ3n) is 5.26. The second kappa shape index (κ2) is 12.1. The van der Waals surface area contributed by atoms with Crippen LogP contribution < -0.4 is 24.3 Å². The van der Waals surface area contributed by atoms with Gasteiger partial charge in [0.2, 0.25) is 11.7 Å². The van der Waals surface area contributed by atoms with Gasteiger partial charge in [0.1, 0.15) is 5.75 Å². The normalized spacial score (nSPS) is 10.9. The van der Waals surface area contributed by atoms with Gasteiger partial charge < -0.3 is 29.4 Å². The molecule has 0 bridgehead atoms. The molecule has 10 heteroatoms. The van der Waals surface area contributed by atoms with Crippen LogP contribution in [0.2, 0.25) is 0 Å². The molecule has 0 aromatic heterocycles. The number of phenols is 1. The number of methoxy groups -OCH3 is 4. The summed E-state index contributed by atoms with van der Waals surface area (Å²) >= 11 is 0. The van der Waals surface area contributed by atoms with Crippen molar-refractivity contribution in [3.05, 3.63) is 81.4 Å². The van der Waals surface area contributed by atoms with Crippen LogP contribution in [0.1, 0.15) is 16.7 Å². The van der Waals surface area contributed by atoms with E-state index in [2.05, 4.69) is 5.32 Å². The molecule has 0 aliphatic carbocycles. The largest absolute Gasteiger partial charge is 0.506 e. The molecule has 0 radical (unpaired) electrons. The Morgan fingerprint density at radius 1 is 0.811 bits per heavy atom. The third kappa shape index (κ3) is 6.57. The second-order valence-electron chi connectivity index (χ2n) is 7.58. The fourth-order valence-electron chi connectivity index (χ4n) is 3.45. The quantitative estimate of drug-likeness (QED) is 0.127. The van der Waals surface area contributed by atoms with Crippen molar-refractivity contribution >= 4 is 35.5 Å². The molecule has 0 aliphatic rings. The van der Waals surface area contributed by atoms with Gasteiger partial charge in [-0.2, -0.15) is 0 Å². The molecule has 0 saturated heterocycles. The molecule has 37 heavy (non-hydrogen) atoms. The highest BCUT2D eigenvalue weighted by molar-refractivity contribution is 6.02. The van der Waals surface area contributed by atoms with Gasteiger partial charge in [0.15, 0.2) is 17.2 Å². The van der Waals surface area contributed by atoms with Crippen LogP contribution in [0.25, 0.3) is 18.2 Å². The lowest BCUT2D eigenvalue weighted by Gasteiger charge is -2.12. The summed E-state index contributed by atoms with van der Waals surface area (Å²) in [6.07, 6.45) is 6.23. The number of nitro benzene ring substituents is 1.